The fourth-order valence-electron chi connectivity index (χ4n) is 3.27. The predicted molar refractivity (Wildman–Crippen MR) is 72.9 cm³/mol. The van der Waals surface area contributed by atoms with Crippen LogP contribution in [0.15, 0.2) is 30.3 Å². The van der Waals surface area contributed by atoms with Crippen LogP contribution in [0, 0.1) is 11.8 Å². The predicted octanol–water partition coefficient (Wildman–Crippen LogP) is 0.103. The van der Waals surface area contributed by atoms with Gasteiger partial charge in [0.15, 0.2) is 0 Å². The van der Waals surface area contributed by atoms with Gasteiger partial charge in [0.25, 0.3) is 0 Å². The summed E-state index contributed by atoms with van der Waals surface area (Å²) in [6.45, 7) is 0. The third-order valence-corrected chi connectivity index (χ3v) is 4.31. The van der Waals surface area contributed by atoms with Crippen LogP contribution in [-0.2, 0) is 19.1 Å². The molecule has 1 N–H and O–H groups in total. The molecule has 110 valence electrons. The highest BCUT2D eigenvalue weighted by Gasteiger charge is 2.60. The van der Waals surface area contributed by atoms with E-state index in [2.05, 4.69) is 5.32 Å². The quantitative estimate of drug-likeness (QED) is 0.617. The Kier molecular flexibility index (Phi) is 3.25. The van der Waals surface area contributed by atoms with Crippen molar-refractivity contribution in [1.82, 2.24) is 10.2 Å². The largest absolute Gasteiger partial charge is 0.468 e. The van der Waals surface area contributed by atoms with Gasteiger partial charge in [0.2, 0.25) is 11.8 Å². The number of hydrogen-bond donors (Lipinski definition) is 1. The summed E-state index contributed by atoms with van der Waals surface area (Å²) >= 11 is 0. The summed E-state index contributed by atoms with van der Waals surface area (Å²) in [6, 6.07) is 8.22. The van der Waals surface area contributed by atoms with Gasteiger partial charge in [0.1, 0.15) is 6.04 Å². The maximum atomic E-state index is 12.4. The van der Waals surface area contributed by atoms with Crippen molar-refractivity contribution in [2.75, 3.05) is 14.2 Å². The van der Waals surface area contributed by atoms with Crippen LogP contribution in [0.1, 0.15) is 11.6 Å². The maximum Gasteiger partial charge on any atom is 0.323 e. The van der Waals surface area contributed by atoms with E-state index in [1.54, 1.807) is 0 Å². The number of benzene rings is 1. The zero-order valence-corrected chi connectivity index (χ0v) is 11.8. The number of amides is 2. The Morgan fingerprint density at radius 2 is 1.76 bits per heavy atom. The van der Waals surface area contributed by atoms with Crippen LogP contribution in [0.2, 0.25) is 0 Å². The lowest BCUT2D eigenvalue weighted by molar-refractivity contribution is -0.147. The Labute approximate surface area is 122 Å². The molecule has 1 aromatic carbocycles. The Balaban J connectivity index is 2.02. The molecule has 0 bridgehead atoms. The molecule has 2 unspecified atom stereocenters. The molecule has 2 aliphatic heterocycles. The number of carbonyl (C=O) groups excluding carboxylic acids is 3. The molecule has 1 aromatic rings. The lowest BCUT2D eigenvalue weighted by Gasteiger charge is -2.19. The van der Waals surface area contributed by atoms with Gasteiger partial charge >= 0.3 is 5.97 Å². The third kappa shape index (κ3) is 1.94. The fraction of sp³-hybridized carbons (Fsp3) is 0.400. The second kappa shape index (κ2) is 4.96. The summed E-state index contributed by atoms with van der Waals surface area (Å²) in [6.07, 6.45) is 0. The van der Waals surface area contributed by atoms with Gasteiger partial charge in [-0.25, -0.2) is 0 Å². The van der Waals surface area contributed by atoms with Crippen molar-refractivity contribution in [3.8, 4) is 0 Å². The summed E-state index contributed by atoms with van der Waals surface area (Å²) in [5, 5.41) is 3.10. The first kappa shape index (κ1) is 13.8. The van der Waals surface area contributed by atoms with Crippen molar-refractivity contribution in [3.63, 3.8) is 0 Å². The molecule has 0 aliphatic carbocycles. The number of ether oxygens (including phenoxy) is 1. The number of methoxy groups -OCH3 is 1. The second-order valence-corrected chi connectivity index (χ2v) is 5.34. The van der Waals surface area contributed by atoms with E-state index in [4.69, 9.17) is 4.74 Å². The number of carbonyl (C=O) groups is 3. The van der Waals surface area contributed by atoms with Crippen LogP contribution in [0.3, 0.4) is 0 Å². The number of likely N-dealkylation sites (tertiary alicyclic amines) is 1. The summed E-state index contributed by atoms with van der Waals surface area (Å²) in [5.41, 5.74) is 0.885. The van der Waals surface area contributed by atoms with Crippen LogP contribution < -0.4 is 5.32 Å². The monoisotopic (exact) mass is 288 g/mol. The number of nitrogens with zero attached hydrogens (tertiary/aromatic N) is 1. The van der Waals surface area contributed by atoms with Gasteiger partial charge in [-0.1, -0.05) is 30.3 Å². The number of esters is 1. The minimum absolute atomic E-state index is 0.252. The Hall–Kier alpha value is -2.21. The van der Waals surface area contributed by atoms with Crippen LogP contribution in [0.25, 0.3) is 0 Å². The van der Waals surface area contributed by atoms with Gasteiger partial charge in [-0.3, -0.25) is 24.6 Å². The average Bonchev–Trinajstić information content (AvgIpc) is 3.01. The molecule has 21 heavy (non-hydrogen) atoms. The Bertz CT molecular complexity index is 601. The van der Waals surface area contributed by atoms with Gasteiger partial charge in [-0.2, -0.15) is 0 Å². The van der Waals surface area contributed by atoms with Gasteiger partial charge in [0, 0.05) is 13.1 Å². The molecule has 0 saturated carbocycles. The van der Waals surface area contributed by atoms with Crippen LogP contribution in [-0.4, -0.2) is 42.9 Å². The standard InChI is InChI=1S/C15H16N2O4/c1-17-13(18)9-10(14(17)19)12(15(20)21-2)16-11(9)8-6-4-3-5-7-8/h3-7,9-12,16H,1-2H3/t9?,10?,11-,12-/m0/s1. The molecule has 6 nitrogen and oxygen atoms in total. The molecule has 2 saturated heterocycles. The highest BCUT2D eigenvalue weighted by Crippen LogP contribution is 2.43. The molecular formula is C15H16N2O4. The van der Waals surface area contributed by atoms with Crippen molar-refractivity contribution in [1.29, 1.82) is 0 Å². The van der Waals surface area contributed by atoms with E-state index in [1.165, 1.54) is 14.2 Å². The van der Waals surface area contributed by atoms with Gasteiger partial charge in [-0.05, 0) is 5.56 Å². The topological polar surface area (TPSA) is 75.7 Å². The number of nitrogens with one attached hydrogen (secondary N) is 1. The maximum absolute atomic E-state index is 12.4. The molecule has 2 aliphatic rings. The fourth-order valence-corrected chi connectivity index (χ4v) is 3.27. The highest BCUT2D eigenvalue weighted by atomic mass is 16.5. The first-order valence-electron chi connectivity index (χ1n) is 6.76. The minimum atomic E-state index is -0.786. The highest BCUT2D eigenvalue weighted by molar-refractivity contribution is 6.08. The molecular weight excluding hydrogens is 272 g/mol. The molecule has 2 amide bonds. The van der Waals surface area contributed by atoms with Crippen LogP contribution in [0.5, 0.6) is 0 Å². The second-order valence-electron chi connectivity index (χ2n) is 5.34. The third-order valence-electron chi connectivity index (χ3n) is 4.31. The van der Waals surface area contributed by atoms with Gasteiger partial charge < -0.3 is 4.74 Å². The smallest absolute Gasteiger partial charge is 0.323 e. The molecule has 2 fully saturated rings. The number of rotatable bonds is 2. The van der Waals surface area contributed by atoms with Crippen LogP contribution in [0.4, 0.5) is 0 Å². The molecule has 4 atom stereocenters. The number of hydrogen-bond acceptors (Lipinski definition) is 5. The Morgan fingerprint density at radius 3 is 2.38 bits per heavy atom. The lowest BCUT2D eigenvalue weighted by Crippen LogP contribution is -2.42. The number of fused-ring (bicyclic) bond motifs is 1. The van der Waals surface area contributed by atoms with Crippen molar-refractivity contribution in [2.45, 2.75) is 12.1 Å². The molecule has 3 rings (SSSR count). The summed E-state index contributed by atoms with van der Waals surface area (Å²) in [5.74, 6) is -2.35. The zero-order valence-electron chi connectivity index (χ0n) is 11.8. The number of imide groups is 1. The van der Waals surface area contributed by atoms with Crippen molar-refractivity contribution in [2.24, 2.45) is 11.8 Å². The summed E-state index contributed by atoms with van der Waals surface area (Å²) < 4.78 is 4.76. The summed E-state index contributed by atoms with van der Waals surface area (Å²) in [7, 11) is 2.74. The molecule has 0 aromatic heterocycles. The van der Waals surface area contributed by atoms with Gasteiger partial charge in [-0.15, -0.1) is 0 Å². The first-order valence-corrected chi connectivity index (χ1v) is 6.76. The van der Waals surface area contributed by atoms with Crippen molar-refractivity contribution >= 4 is 17.8 Å². The van der Waals surface area contributed by atoms with Crippen molar-refractivity contribution < 1.29 is 19.1 Å². The van der Waals surface area contributed by atoms with E-state index in [0.29, 0.717) is 0 Å². The van der Waals surface area contributed by atoms with E-state index in [1.807, 2.05) is 30.3 Å². The van der Waals surface area contributed by atoms with E-state index in [9.17, 15) is 14.4 Å². The SMILES string of the molecule is COC(=O)[C@H]1N[C@@H](c2ccccc2)C2C(=O)N(C)C(=O)C21. The summed E-state index contributed by atoms with van der Waals surface area (Å²) in [4.78, 5) is 37.7. The normalized spacial score (nSPS) is 31.4. The van der Waals surface area contributed by atoms with Gasteiger partial charge in [0.05, 0.1) is 18.9 Å². The van der Waals surface area contributed by atoms with Crippen molar-refractivity contribution in [3.05, 3.63) is 35.9 Å². The van der Waals surface area contributed by atoms with E-state index >= 15 is 0 Å². The molecule has 0 radical (unpaired) electrons. The minimum Gasteiger partial charge on any atom is -0.468 e. The zero-order chi connectivity index (χ0) is 15.1. The first-order chi connectivity index (χ1) is 10.1. The van der Waals surface area contributed by atoms with E-state index in [0.717, 1.165) is 10.5 Å². The van der Waals surface area contributed by atoms with Crippen LogP contribution >= 0.6 is 0 Å². The molecule has 2 heterocycles. The lowest BCUT2D eigenvalue weighted by atomic mass is 9.86. The van der Waals surface area contributed by atoms with E-state index < -0.39 is 23.8 Å². The molecule has 0 spiro atoms. The molecule has 6 heteroatoms. The van der Waals surface area contributed by atoms with E-state index in [-0.39, 0.29) is 17.9 Å². The average molecular weight is 288 g/mol. The Morgan fingerprint density at radius 1 is 1.14 bits per heavy atom.